The van der Waals surface area contributed by atoms with Gasteiger partial charge in [-0.25, -0.2) is 4.98 Å². The van der Waals surface area contributed by atoms with Crippen LogP contribution in [0.4, 0.5) is 0 Å². The van der Waals surface area contributed by atoms with Gasteiger partial charge in [-0.2, -0.15) is 0 Å². The fraction of sp³-hybridized carbons (Fsp3) is 0.318. The van der Waals surface area contributed by atoms with E-state index in [0.29, 0.717) is 43.4 Å². The minimum atomic E-state index is -0.212. The Morgan fingerprint density at radius 2 is 1.83 bits per heavy atom. The first-order valence-corrected chi connectivity index (χ1v) is 9.87. The van der Waals surface area contributed by atoms with Gasteiger partial charge in [-0.15, -0.1) is 0 Å². The zero-order valence-electron chi connectivity index (χ0n) is 16.8. The van der Waals surface area contributed by atoms with Crippen molar-refractivity contribution in [3.63, 3.8) is 0 Å². The number of hydrogen-bond donors (Lipinski definition) is 1. The Bertz CT molecular complexity index is 1040. The Kier molecular flexibility index (Phi) is 5.94. The number of benzene rings is 2. The van der Waals surface area contributed by atoms with Crippen molar-refractivity contribution < 1.29 is 19.1 Å². The molecule has 1 aliphatic heterocycles. The van der Waals surface area contributed by atoms with Crippen LogP contribution < -0.4 is 10.1 Å². The SMILES string of the molecule is COc1ccc(C(=O)NCc2nc3ccccc3n2CC(=O)N2CCOCC2)cc1. The number of rotatable bonds is 6. The molecule has 0 radical (unpaired) electrons. The van der Waals surface area contributed by atoms with Crippen LogP contribution in [0, 0.1) is 0 Å². The van der Waals surface area contributed by atoms with Gasteiger partial charge in [0.15, 0.2) is 0 Å². The molecular formula is C22H24N4O4. The fourth-order valence-electron chi connectivity index (χ4n) is 3.49. The Hall–Kier alpha value is -3.39. The summed E-state index contributed by atoms with van der Waals surface area (Å²) in [4.78, 5) is 31.8. The van der Waals surface area contributed by atoms with Crippen LogP contribution in [0.1, 0.15) is 16.2 Å². The van der Waals surface area contributed by atoms with Crippen molar-refractivity contribution in [2.75, 3.05) is 33.4 Å². The van der Waals surface area contributed by atoms with Gasteiger partial charge in [0.1, 0.15) is 18.1 Å². The number of imidazole rings is 1. The maximum absolute atomic E-state index is 12.8. The van der Waals surface area contributed by atoms with Crippen molar-refractivity contribution in [1.82, 2.24) is 19.8 Å². The standard InChI is InChI=1S/C22H24N4O4/c1-29-17-8-6-16(7-9-17)22(28)23-14-20-24-18-4-2-3-5-19(18)26(20)15-21(27)25-10-12-30-13-11-25/h2-9H,10-15H2,1H3,(H,23,28). The molecule has 30 heavy (non-hydrogen) atoms. The van der Waals surface area contributed by atoms with E-state index < -0.39 is 0 Å². The number of carbonyl (C=O) groups excluding carboxylic acids is 2. The number of aromatic nitrogens is 2. The van der Waals surface area contributed by atoms with Crippen LogP contribution in [0.2, 0.25) is 0 Å². The van der Waals surface area contributed by atoms with Gasteiger partial charge in [0.25, 0.3) is 5.91 Å². The molecule has 2 heterocycles. The molecule has 0 atom stereocenters. The first-order chi connectivity index (χ1) is 14.7. The van der Waals surface area contributed by atoms with Gasteiger partial charge in [0.05, 0.1) is 37.9 Å². The van der Waals surface area contributed by atoms with E-state index in [1.54, 1.807) is 36.3 Å². The summed E-state index contributed by atoms with van der Waals surface area (Å²) in [6, 6.07) is 14.6. The smallest absolute Gasteiger partial charge is 0.251 e. The average Bonchev–Trinajstić information content (AvgIpc) is 3.15. The molecule has 8 heteroatoms. The highest BCUT2D eigenvalue weighted by molar-refractivity contribution is 5.94. The molecule has 1 N–H and O–H groups in total. The van der Waals surface area contributed by atoms with Gasteiger partial charge < -0.3 is 24.3 Å². The van der Waals surface area contributed by atoms with Crippen LogP contribution in [-0.4, -0.2) is 59.7 Å². The summed E-state index contributed by atoms with van der Waals surface area (Å²) in [5.74, 6) is 1.13. The largest absolute Gasteiger partial charge is 0.497 e. The molecule has 156 valence electrons. The monoisotopic (exact) mass is 408 g/mol. The number of carbonyl (C=O) groups is 2. The van der Waals surface area contributed by atoms with Crippen molar-refractivity contribution in [2.24, 2.45) is 0 Å². The quantitative estimate of drug-likeness (QED) is 0.673. The third-order valence-corrected chi connectivity index (χ3v) is 5.15. The Morgan fingerprint density at radius 3 is 2.57 bits per heavy atom. The minimum Gasteiger partial charge on any atom is -0.497 e. The van der Waals surface area contributed by atoms with E-state index in [1.807, 2.05) is 28.8 Å². The molecule has 0 unspecified atom stereocenters. The number of ether oxygens (including phenoxy) is 2. The first kappa shape index (κ1) is 19.9. The van der Waals surface area contributed by atoms with E-state index in [4.69, 9.17) is 9.47 Å². The number of para-hydroxylation sites is 2. The predicted molar refractivity (Wildman–Crippen MR) is 111 cm³/mol. The molecular weight excluding hydrogens is 384 g/mol. The number of fused-ring (bicyclic) bond motifs is 1. The molecule has 0 saturated carbocycles. The lowest BCUT2D eigenvalue weighted by atomic mass is 10.2. The van der Waals surface area contributed by atoms with E-state index in [-0.39, 0.29) is 24.9 Å². The number of amides is 2. The molecule has 1 aromatic heterocycles. The second kappa shape index (κ2) is 8.96. The second-order valence-corrected chi connectivity index (χ2v) is 7.01. The molecule has 0 aliphatic carbocycles. The van der Waals surface area contributed by atoms with Crippen molar-refractivity contribution in [2.45, 2.75) is 13.1 Å². The summed E-state index contributed by atoms with van der Waals surface area (Å²) in [6.45, 7) is 2.69. The topological polar surface area (TPSA) is 85.7 Å². The summed E-state index contributed by atoms with van der Waals surface area (Å²) in [7, 11) is 1.58. The zero-order chi connectivity index (χ0) is 20.9. The van der Waals surface area contributed by atoms with Crippen LogP contribution >= 0.6 is 0 Å². The molecule has 2 aromatic carbocycles. The number of methoxy groups -OCH3 is 1. The van der Waals surface area contributed by atoms with E-state index in [2.05, 4.69) is 10.3 Å². The van der Waals surface area contributed by atoms with Crippen molar-refractivity contribution in [1.29, 1.82) is 0 Å². The number of nitrogens with zero attached hydrogens (tertiary/aromatic N) is 3. The maximum Gasteiger partial charge on any atom is 0.251 e. The van der Waals surface area contributed by atoms with Crippen LogP contribution in [0.3, 0.4) is 0 Å². The number of nitrogens with one attached hydrogen (secondary N) is 1. The summed E-state index contributed by atoms with van der Waals surface area (Å²) < 4.78 is 12.3. The highest BCUT2D eigenvalue weighted by Crippen LogP contribution is 2.17. The first-order valence-electron chi connectivity index (χ1n) is 9.87. The molecule has 3 aromatic rings. The maximum atomic E-state index is 12.8. The third kappa shape index (κ3) is 4.28. The average molecular weight is 408 g/mol. The van der Waals surface area contributed by atoms with Crippen LogP contribution in [0.5, 0.6) is 5.75 Å². The van der Waals surface area contributed by atoms with Crippen molar-refractivity contribution >= 4 is 22.8 Å². The molecule has 0 spiro atoms. The lowest BCUT2D eigenvalue weighted by Gasteiger charge is -2.27. The summed E-state index contributed by atoms with van der Waals surface area (Å²) in [6.07, 6.45) is 0. The lowest BCUT2D eigenvalue weighted by molar-refractivity contribution is -0.135. The lowest BCUT2D eigenvalue weighted by Crippen LogP contribution is -2.42. The van der Waals surface area contributed by atoms with Crippen molar-refractivity contribution in [3.8, 4) is 5.75 Å². The molecule has 1 saturated heterocycles. The van der Waals surface area contributed by atoms with Crippen LogP contribution in [0.15, 0.2) is 48.5 Å². The Balaban J connectivity index is 1.51. The molecule has 2 amide bonds. The van der Waals surface area contributed by atoms with E-state index in [1.165, 1.54) is 0 Å². The number of hydrogen-bond acceptors (Lipinski definition) is 5. The Morgan fingerprint density at radius 1 is 1.10 bits per heavy atom. The van der Waals surface area contributed by atoms with Crippen LogP contribution in [0.25, 0.3) is 11.0 Å². The van der Waals surface area contributed by atoms with Gasteiger partial charge in [0, 0.05) is 18.7 Å². The zero-order valence-corrected chi connectivity index (χ0v) is 16.8. The molecule has 1 aliphatic rings. The fourth-order valence-corrected chi connectivity index (χ4v) is 3.49. The normalized spacial score (nSPS) is 14.0. The van der Waals surface area contributed by atoms with Gasteiger partial charge in [-0.05, 0) is 36.4 Å². The molecule has 4 rings (SSSR count). The van der Waals surface area contributed by atoms with Gasteiger partial charge in [0.2, 0.25) is 5.91 Å². The minimum absolute atomic E-state index is 0.0178. The molecule has 0 bridgehead atoms. The third-order valence-electron chi connectivity index (χ3n) is 5.15. The van der Waals surface area contributed by atoms with Gasteiger partial charge >= 0.3 is 0 Å². The van der Waals surface area contributed by atoms with Crippen molar-refractivity contribution in [3.05, 3.63) is 59.9 Å². The number of morpholine rings is 1. The summed E-state index contributed by atoms with van der Waals surface area (Å²) >= 11 is 0. The highest BCUT2D eigenvalue weighted by Gasteiger charge is 2.20. The second-order valence-electron chi connectivity index (χ2n) is 7.01. The van der Waals surface area contributed by atoms with Gasteiger partial charge in [-0.3, -0.25) is 9.59 Å². The molecule has 1 fully saturated rings. The van der Waals surface area contributed by atoms with E-state index in [9.17, 15) is 9.59 Å². The predicted octanol–water partition coefficient (Wildman–Crippen LogP) is 1.83. The Labute approximate surface area is 174 Å². The van der Waals surface area contributed by atoms with E-state index >= 15 is 0 Å². The van der Waals surface area contributed by atoms with Gasteiger partial charge in [-0.1, -0.05) is 12.1 Å². The summed E-state index contributed by atoms with van der Waals surface area (Å²) in [5, 5.41) is 2.90. The molecule has 8 nitrogen and oxygen atoms in total. The highest BCUT2D eigenvalue weighted by atomic mass is 16.5. The van der Waals surface area contributed by atoms with E-state index in [0.717, 1.165) is 11.0 Å². The summed E-state index contributed by atoms with van der Waals surface area (Å²) in [5.41, 5.74) is 2.19. The van der Waals surface area contributed by atoms with Crippen LogP contribution in [-0.2, 0) is 22.6 Å².